The fourth-order valence-corrected chi connectivity index (χ4v) is 3.29. The Morgan fingerprint density at radius 2 is 1.92 bits per heavy atom. The molecule has 0 saturated carbocycles. The number of nitrogens with one attached hydrogen (secondary N) is 1. The van der Waals surface area contributed by atoms with Crippen LogP contribution in [0.5, 0.6) is 0 Å². The average molecular weight is 365 g/mol. The van der Waals surface area contributed by atoms with Crippen molar-refractivity contribution in [1.82, 2.24) is 9.97 Å². The molecular formula is C20H17ClN4O. The van der Waals surface area contributed by atoms with Crippen LogP contribution in [0.2, 0.25) is 5.02 Å². The number of amides is 1. The van der Waals surface area contributed by atoms with Crippen LogP contribution in [0, 0.1) is 0 Å². The van der Waals surface area contributed by atoms with Crippen molar-refractivity contribution in [3.05, 3.63) is 82.8 Å². The maximum absolute atomic E-state index is 12.9. The first kappa shape index (κ1) is 16.5. The molecule has 6 heteroatoms. The highest BCUT2D eigenvalue weighted by atomic mass is 35.5. The maximum Gasteiger partial charge on any atom is 0.277 e. The first-order chi connectivity index (χ1) is 12.7. The van der Waals surface area contributed by atoms with E-state index in [0.717, 1.165) is 17.7 Å². The molecule has 0 fully saturated rings. The van der Waals surface area contributed by atoms with Crippen LogP contribution in [-0.2, 0) is 13.0 Å². The Hall–Kier alpha value is -2.92. The summed E-state index contributed by atoms with van der Waals surface area (Å²) in [6, 6.07) is 17.3. The van der Waals surface area contributed by atoms with Crippen molar-refractivity contribution in [3.63, 3.8) is 0 Å². The SMILES string of the molecule is O=C(c1cc(NCc2ccccc2Cl)ncn1)N1CCc2ccccc21. The van der Waals surface area contributed by atoms with Crippen LogP contribution in [0.3, 0.4) is 0 Å². The van der Waals surface area contributed by atoms with Gasteiger partial charge in [0, 0.05) is 29.9 Å². The number of hydrogen-bond donors (Lipinski definition) is 1. The van der Waals surface area contributed by atoms with E-state index in [1.165, 1.54) is 11.9 Å². The van der Waals surface area contributed by atoms with Crippen LogP contribution in [0.1, 0.15) is 21.6 Å². The summed E-state index contributed by atoms with van der Waals surface area (Å²) in [5.74, 6) is 0.480. The Bertz CT molecular complexity index is 960. The molecule has 26 heavy (non-hydrogen) atoms. The molecule has 1 aliphatic heterocycles. The molecule has 130 valence electrons. The van der Waals surface area contributed by atoms with Gasteiger partial charge in [-0.15, -0.1) is 0 Å². The summed E-state index contributed by atoms with van der Waals surface area (Å²) >= 11 is 6.17. The largest absolute Gasteiger partial charge is 0.366 e. The average Bonchev–Trinajstić information content (AvgIpc) is 3.11. The van der Waals surface area contributed by atoms with E-state index in [2.05, 4.69) is 21.4 Å². The standard InChI is InChI=1S/C20H17ClN4O/c21-16-7-3-1-6-15(16)12-22-19-11-17(23-13-24-19)20(26)25-10-9-14-5-2-4-8-18(14)25/h1-8,11,13H,9-10,12H2,(H,22,23,24). The second kappa shape index (κ2) is 7.14. The van der Waals surface area contributed by atoms with Crippen molar-refractivity contribution in [2.45, 2.75) is 13.0 Å². The molecule has 0 spiro atoms. The highest BCUT2D eigenvalue weighted by molar-refractivity contribution is 6.31. The number of nitrogens with zero attached hydrogens (tertiary/aromatic N) is 3. The van der Waals surface area contributed by atoms with Crippen molar-refractivity contribution < 1.29 is 4.79 Å². The van der Waals surface area contributed by atoms with Gasteiger partial charge in [0.2, 0.25) is 0 Å². The molecule has 2 aromatic carbocycles. The van der Waals surface area contributed by atoms with Crippen LogP contribution < -0.4 is 10.2 Å². The molecule has 0 aliphatic carbocycles. The molecule has 1 amide bonds. The molecule has 1 N–H and O–H groups in total. The van der Waals surface area contributed by atoms with E-state index < -0.39 is 0 Å². The van der Waals surface area contributed by atoms with Crippen LogP contribution >= 0.6 is 11.6 Å². The summed E-state index contributed by atoms with van der Waals surface area (Å²) in [6.45, 7) is 1.20. The van der Waals surface area contributed by atoms with Crippen molar-refractivity contribution in [3.8, 4) is 0 Å². The van der Waals surface area contributed by atoms with Gasteiger partial charge in [0.05, 0.1) is 0 Å². The molecule has 0 saturated heterocycles. The van der Waals surface area contributed by atoms with Gasteiger partial charge in [-0.1, -0.05) is 48.0 Å². The van der Waals surface area contributed by atoms with Gasteiger partial charge in [-0.05, 0) is 29.7 Å². The molecule has 0 radical (unpaired) electrons. The maximum atomic E-state index is 12.9. The highest BCUT2D eigenvalue weighted by Crippen LogP contribution is 2.28. The summed E-state index contributed by atoms with van der Waals surface area (Å²) in [7, 11) is 0. The zero-order valence-electron chi connectivity index (χ0n) is 14.0. The Morgan fingerprint density at radius 3 is 2.81 bits per heavy atom. The highest BCUT2D eigenvalue weighted by Gasteiger charge is 2.26. The van der Waals surface area contributed by atoms with E-state index in [9.17, 15) is 4.79 Å². The van der Waals surface area contributed by atoms with Gasteiger partial charge in [-0.3, -0.25) is 4.79 Å². The van der Waals surface area contributed by atoms with E-state index in [-0.39, 0.29) is 5.91 Å². The minimum atomic E-state index is -0.113. The molecule has 3 aromatic rings. The lowest BCUT2D eigenvalue weighted by molar-refractivity contribution is 0.0984. The number of carbonyl (C=O) groups excluding carboxylic acids is 1. The lowest BCUT2D eigenvalue weighted by Gasteiger charge is -2.17. The zero-order valence-corrected chi connectivity index (χ0v) is 14.8. The topological polar surface area (TPSA) is 58.1 Å². The van der Waals surface area contributed by atoms with Crippen molar-refractivity contribution >= 4 is 29.0 Å². The third-order valence-electron chi connectivity index (χ3n) is 4.44. The summed E-state index contributed by atoms with van der Waals surface area (Å²) < 4.78 is 0. The number of anilines is 2. The fraction of sp³-hybridized carbons (Fsp3) is 0.150. The second-order valence-corrected chi connectivity index (χ2v) is 6.48. The van der Waals surface area contributed by atoms with Crippen LogP contribution in [0.4, 0.5) is 11.5 Å². The number of carbonyl (C=O) groups is 1. The van der Waals surface area contributed by atoms with E-state index in [1.54, 1.807) is 11.0 Å². The number of fused-ring (bicyclic) bond motifs is 1. The lowest BCUT2D eigenvalue weighted by Crippen LogP contribution is -2.29. The van der Waals surface area contributed by atoms with Gasteiger partial charge in [-0.2, -0.15) is 0 Å². The Morgan fingerprint density at radius 1 is 1.12 bits per heavy atom. The van der Waals surface area contributed by atoms with E-state index >= 15 is 0 Å². The first-order valence-corrected chi connectivity index (χ1v) is 8.79. The van der Waals surface area contributed by atoms with Crippen molar-refractivity contribution in [1.29, 1.82) is 0 Å². The van der Waals surface area contributed by atoms with Gasteiger partial charge < -0.3 is 10.2 Å². The minimum Gasteiger partial charge on any atom is -0.366 e. The van der Waals surface area contributed by atoms with Gasteiger partial charge in [0.15, 0.2) is 0 Å². The van der Waals surface area contributed by atoms with Gasteiger partial charge >= 0.3 is 0 Å². The van der Waals surface area contributed by atoms with E-state index in [1.807, 2.05) is 42.5 Å². The monoisotopic (exact) mass is 364 g/mol. The zero-order chi connectivity index (χ0) is 17.9. The minimum absolute atomic E-state index is 0.113. The van der Waals surface area contributed by atoms with E-state index in [4.69, 9.17) is 11.6 Å². The Balaban J connectivity index is 1.51. The quantitative estimate of drug-likeness (QED) is 0.761. The van der Waals surface area contributed by atoms with E-state index in [0.29, 0.717) is 29.6 Å². The number of para-hydroxylation sites is 1. The molecule has 0 bridgehead atoms. The van der Waals surface area contributed by atoms with Crippen LogP contribution in [0.15, 0.2) is 60.9 Å². The first-order valence-electron chi connectivity index (χ1n) is 8.41. The summed E-state index contributed by atoms with van der Waals surface area (Å²) in [4.78, 5) is 23.0. The van der Waals surface area contributed by atoms with Crippen LogP contribution in [0.25, 0.3) is 0 Å². The van der Waals surface area contributed by atoms with Crippen molar-refractivity contribution in [2.75, 3.05) is 16.8 Å². The van der Waals surface area contributed by atoms with Gasteiger partial charge in [0.25, 0.3) is 5.91 Å². The molecule has 1 aromatic heterocycles. The Labute approximate surface area is 156 Å². The Kier molecular flexibility index (Phi) is 4.54. The summed E-state index contributed by atoms with van der Waals surface area (Å²) in [6.07, 6.45) is 2.27. The molecule has 5 nitrogen and oxygen atoms in total. The number of halogens is 1. The van der Waals surface area contributed by atoms with Gasteiger partial charge in [0.1, 0.15) is 17.8 Å². The smallest absolute Gasteiger partial charge is 0.277 e. The third-order valence-corrected chi connectivity index (χ3v) is 4.81. The predicted molar refractivity (Wildman–Crippen MR) is 103 cm³/mol. The van der Waals surface area contributed by atoms with Crippen molar-refractivity contribution in [2.24, 2.45) is 0 Å². The molecular weight excluding hydrogens is 348 g/mol. The number of hydrogen-bond acceptors (Lipinski definition) is 4. The third kappa shape index (κ3) is 3.26. The number of aromatic nitrogens is 2. The normalized spacial score (nSPS) is 12.7. The number of rotatable bonds is 4. The molecule has 1 aliphatic rings. The summed E-state index contributed by atoms with van der Waals surface area (Å²) in [5, 5.41) is 3.89. The molecule has 0 atom stereocenters. The predicted octanol–water partition coefficient (Wildman–Crippen LogP) is 3.95. The lowest BCUT2D eigenvalue weighted by atomic mass is 10.2. The second-order valence-electron chi connectivity index (χ2n) is 6.07. The molecule has 2 heterocycles. The van der Waals surface area contributed by atoms with Crippen LogP contribution in [-0.4, -0.2) is 22.4 Å². The van der Waals surface area contributed by atoms with Gasteiger partial charge in [-0.25, -0.2) is 9.97 Å². The number of benzene rings is 2. The molecule has 4 rings (SSSR count). The fourth-order valence-electron chi connectivity index (χ4n) is 3.09. The molecule has 0 unspecified atom stereocenters. The summed E-state index contributed by atoms with van der Waals surface area (Å²) in [5.41, 5.74) is 3.49.